The van der Waals surface area contributed by atoms with Gasteiger partial charge < -0.3 is 14.8 Å². The molecule has 0 bridgehead atoms. The molecule has 1 amide bonds. The van der Waals surface area contributed by atoms with Crippen LogP contribution in [0.3, 0.4) is 0 Å². The van der Waals surface area contributed by atoms with Crippen molar-refractivity contribution in [3.05, 3.63) is 78.4 Å². The van der Waals surface area contributed by atoms with Crippen molar-refractivity contribution in [3.8, 4) is 16.9 Å². The predicted octanol–water partition coefficient (Wildman–Crippen LogP) is 7.33. The minimum absolute atomic E-state index is 0.0268. The third kappa shape index (κ3) is 7.54. The summed E-state index contributed by atoms with van der Waals surface area (Å²) in [6, 6.07) is 25.5. The molecule has 0 atom stereocenters. The molecule has 4 aromatic rings. The van der Waals surface area contributed by atoms with E-state index in [0.717, 1.165) is 45.8 Å². The SMILES string of the molecule is CCCC(=O)Nc1nn(COCC[Si](C)(C)C)c2cc(-c3cccc(OCc4ccccc4)c3)ccc12. The van der Waals surface area contributed by atoms with Gasteiger partial charge in [-0.2, -0.15) is 5.10 Å². The number of carbonyl (C=O) groups excluding carboxylic acids is 1. The summed E-state index contributed by atoms with van der Waals surface area (Å²) in [5, 5.41) is 8.59. The average molecular weight is 516 g/mol. The second-order valence-electron chi connectivity index (χ2n) is 10.5. The van der Waals surface area contributed by atoms with Crippen LogP contribution in [0.25, 0.3) is 22.0 Å². The molecule has 194 valence electrons. The summed E-state index contributed by atoms with van der Waals surface area (Å²) in [7, 11) is -1.19. The molecule has 37 heavy (non-hydrogen) atoms. The van der Waals surface area contributed by atoms with E-state index in [-0.39, 0.29) is 5.91 Å². The van der Waals surface area contributed by atoms with Crippen molar-refractivity contribution in [2.75, 3.05) is 11.9 Å². The summed E-state index contributed by atoms with van der Waals surface area (Å²) >= 11 is 0. The van der Waals surface area contributed by atoms with Crippen LogP contribution in [0, 0.1) is 0 Å². The summed E-state index contributed by atoms with van der Waals surface area (Å²) in [4.78, 5) is 12.3. The van der Waals surface area contributed by atoms with Crippen molar-refractivity contribution in [3.63, 3.8) is 0 Å². The molecule has 4 rings (SSSR count). The lowest BCUT2D eigenvalue weighted by Crippen LogP contribution is -2.22. The molecule has 0 saturated carbocycles. The number of hydrogen-bond acceptors (Lipinski definition) is 4. The van der Waals surface area contributed by atoms with Gasteiger partial charge in [-0.05, 0) is 53.4 Å². The summed E-state index contributed by atoms with van der Waals surface area (Å²) in [5.74, 6) is 1.37. The van der Waals surface area contributed by atoms with Gasteiger partial charge in [0.25, 0.3) is 0 Å². The molecule has 6 nitrogen and oxygen atoms in total. The standard InChI is InChI=1S/C30H37N3O3Si/c1-5-10-29(34)31-30-27-16-15-25(20-28(27)33(32-30)22-35-17-18-37(2,3)4)24-13-9-14-26(19-24)36-21-23-11-7-6-8-12-23/h6-9,11-16,19-20H,5,10,17-18,21-22H2,1-4H3,(H,31,32,34). The fourth-order valence-electron chi connectivity index (χ4n) is 4.00. The smallest absolute Gasteiger partial charge is 0.225 e. The zero-order chi connectivity index (χ0) is 26.3. The Hall–Kier alpha value is -3.42. The van der Waals surface area contributed by atoms with Gasteiger partial charge in [-0.1, -0.05) is 75.1 Å². The minimum atomic E-state index is -1.19. The van der Waals surface area contributed by atoms with E-state index in [2.05, 4.69) is 61.4 Å². The van der Waals surface area contributed by atoms with Crippen molar-refractivity contribution in [2.24, 2.45) is 0 Å². The van der Waals surface area contributed by atoms with E-state index in [4.69, 9.17) is 14.6 Å². The van der Waals surface area contributed by atoms with E-state index in [1.807, 2.05) is 48.0 Å². The molecule has 1 aromatic heterocycles. The van der Waals surface area contributed by atoms with Crippen LogP contribution in [-0.4, -0.2) is 30.4 Å². The number of rotatable bonds is 12. The van der Waals surface area contributed by atoms with Crippen LogP contribution in [-0.2, 0) is 22.9 Å². The van der Waals surface area contributed by atoms with Crippen molar-refractivity contribution >= 4 is 30.7 Å². The second-order valence-corrected chi connectivity index (χ2v) is 16.1. The normalized spacial score (nSPS) is 11.6. The Balaban J connectivity index is 1.58. The Morgan fingerprint density at radius 2 is 1.76 bits per heavy atom. The molecule has 1 heterocycles. The monoisotopic (exact) mass is 515 g/mol. The molecule has 0 aliphatic heterocycles. The molecule has 0 aliphatic rings. The van der Waals surface area contributed by atoms with Gasteiger partial charge in [0, 0.05) is 26.5 Å². The van der Waals surface area contributed by atoms with E-state index >= 15 is 0 Å². The third-order valence-corrected chi connectivity index (χ3v) is 7.82. The summed E-state index contributed by atoms with van der Waals surface area (Å²) in [5.41, 5.74) is 4.15. The van der Waals surface area contributed by atoms with E-state index in [9.17, 15) is 4.79 Å². The Labute approximate surface area is 220 Å². The first kappa shape index (κ1) is 26.6. The highest BCUT2D eigenvalue weighted by Crippen LogP contribution is 2.31. The number of fused-ring (bicyclic) bond motifs is 1. The molecule has 0 fully saturated rings. The number of aromatic nitrogens is 2. The summed E-state index contributed by atoms with van der Waals surface area (Å²) < 4.78 is 13.9. The van der Waals surface area contributed by atoms with Crippen molar-refractivity contribution in [1.82, 2.24) is 9.78 Å². The highest BCUT2D eigenvalue weighted by Gasteiger charge is 2.16. The van der Waals surface area contributed by atoms with Gasteiger partial charge in [0.2, 0.25) is 5.91 Å². The lowest BCUT2D eigenvalue weighted by atomic mass is 10.0. The van der Waals surface area contributed by atoms with Crippen LogP contribution in [0.2, 0.25) is 25.7 Å². The van der Waals surface area contributed by atoms with Gasteiger partial charge in [-0.15, -0.1) is 0 Å². The fourth-order valence-corrected chi connectivity index (χ4v) is 4.76. The molecule has 3 aromatic carbocycles. The number of ether oxygens (including phenoxy) is 2. The molecule has 0 saturated heterocycles. The van der Waals surface area contributed by atoms with Crippen LogP contribution in [0.4, 0.5) is 5.82 Å². The Morgan fingerprint density at radius 1 is 0.973 bits per heavy atom. The van der Waals surface area contributed by atoms with Crippen LogP contribution in [0.15, 0.2) is 72.8 Å². The van der Waals surface area contributed by atoms with Crippen LogP contribution >= 0.6 is 0 Å². The van der Waals surface area contributed by atoms with Crippen molar-refractivity contribution in [2.45, 2.75) is 58.8 Å². The number of carbonyl (C=O) groups is 1. The zero-order valence-electron chi connectivity index (χ0n) is 22.3. The molecule has 0 aliphatic carbocycles. The fraction of sp³-hybridized carbons (Fsp3) is 0.333. The van der Waals surface area contributed by atoms with E-state index in [1.165, 1.54) is 0 Å². The Kier molecular flexibility index (Phi) is 8.79. The average Bonchev–Trinajstić information content (AvgIpc) is 3.22. The van der Waals surface area contributed by atoms with Crippen molar-refractivity contribution in [1.29, 1.82) is 0 Å². The number of nitrogens with one attached hydrogen (secondary N) is 1. The first-order chi connectivity index (χ1) is 17.8. The highest BCUT2D eigenvalue weighted by atomic mass is 28.3. The van der Waals surface area contributed by atoms with Gasteiger partial charge in [0.15, 0.2) is 5.82 Å². The second kappa shape index (κ2) is 12.2. The number of benzene rings is 3. The lowest BCUT2D eigenvalue weighted by molar-refractivity contribution is -0.116. The van der Waals surface area contributed by atoms with Crippen molar-refractivity contribution < 1.29 is 14.3 Å². The first-order valence-corrected chi connectivity index (χ1v) is 16.7. The highest BCUT2D eigenvalue weighted by molar-refractivity contribution is 6.76. The number of amides is 1. The minimum Gasteiger partial charge on any atom is -0.489 e. The quantitative estimate of drug-likeness (QED) is 0.158. The summed E-state index contributed by atoms with van der Waals surface area (Å²) in [6.07, 6.45) is 1.26. The number of anilines is 1. The molecular formula is C30H37N3O3Si. The number of nitrogens with zero attached hydrogens (tertiary/aromatic N) is 2. The molecule has 1 N–H and O–H groups in total. The third-order valence-electron chi connectivity index (χ3n) is 6.11. The molecule has 0 unspecified atom stereocenters. The van der Waals surface area contributed by atoms with E-state index < -0.39 is 8.07 Å². The zero-order valence-corrected chi connectivity index (χ0v) is 23.3. The van der Waals surface area contributed by atoms with Crippen LogP contribution in [0.1, 0.15) is 25.3 Å². The molecule has 0 radical (unpaired) electrons. The Bertz CT molecular complexity index is 1330. The van der Waals surface area contributed by atoms with E-state index in [1.54, 1.807) is 0 Å². The maximum Gasteiger partial charge on any atom is 0.225 e. The molecular weight excluding hydrogens is 478 g/mol. The van der Waals surface area contributed by atoms with Gasteiger partial charge in [-0.25, -0.2) is 4.68 Å². The lowest BCUT2D eigenvalue weighted by Gasteiger charge is -2.15. The van der Waals surface area contributed by atoms with Crippen LogP contribution in [0.5, 0.6) is 5.75 Å². The first-order valence-electron chi connectivity index (χ1n) is 13.0. The van der Waals surface area contributed by atoms with Gasteiger partial charge >= 0.3 is 0 Å². The molecule has 7 heteroatoms. The van der Waals surface area contributed by atoms with E-state index in [0.29, 0.717) is 32.2 Å². The van der Waals surface area contributed by atoms with Gasteiger partial charge in [0.05, 0.1) is 5.52 Å². The topological polar surface area (TPSA) is 65.4 Å². The van der Waals surface area contributed by atoms with Gasteiger partial charge in [0.1, 0.15) is 19.1 Å². The Morgan fingerprint density at radius 3 is 2.51 bits per heavy atom. The number of hydrogen-bond donors (Lipinski definition) is 1. The maximum atomic E-state index is 12.3. The predicted molar refractivity (Wildman–Crippen MR) is 154 cm³/mol. The van der Waals surface area contributed by atoms with Crippen LogP contribution < -0.4 is 10.1 Å². The largest absolute Gasteiger partial charge is 0.489 e. The maximum absolute atomic E-state index is 12.3. The summed E-state index contributed by atoms with van der Waals surface area (Å²) in [6.45, 7) is 10.6. The van der Waals surface area contributed by atoms with Gasteiger partial charge in [-0.3, -0.25) is 4.79 Å². The molecule has 0 spiro atoms.